The lowest BCUT2D eigenvalue weighted by molar-refractivity contribution is -0.274. The highest BCUT2D eigenvalue weighted by molar-refractivity contribution is 6.03. The van der Waals surface area contributed by atoms with Gasteiger partial charge in [0, 0.05) is 10.9 Å². The van der Waals surface area contributed by atoms with Gasteiger partial charge in [0.2, 0.25) is 0 Å². The molecule has 0 saturated carbocycles. The first-order valence-corrected chi connectivity index (χ1v) is 6.83. The highest BCUT2D eigenvalue weighted by Crippen LogP contribution is 2.28. The van der Waals surface area contributed by atoms with Gasteiger partial charge in [-0.15, -0.1) is 13.2 Å². The molecule has 0 radical (unpaired) electrons. The zero-order valence-electron chi connectivity index (χ0n) is 12.0. The Morgan fingerprint density at radius 2 is 1.71 bits per heavy atom. The van der Waals surface area contributed by atoms with Gasteiger partial charge in [-0.3, -0.25) is 0 Å². The number of hydrogen-bond acceptors (Lipinski definition) is 3. The fourth-order valence-electron chi connectivity index (χ4n) is 2.33. The van der Waals surface area contributed by atoms with Gasteiger partial charge in [-0.1, -0.05) is 18.2 Å². The van der Waals surface area contributed by atoms with Crippen LogP contribution >= 0.6 is 0 Å². The number of carboxylic acids is 1. The van der Waals surface area contributed by atoms with Crippen LogP contribution in [-0.4, -0.2) is 22.4 Å². The molecule has 0 fully saturated rings. The summed E-state index contributed by atoms with van der Waals surface area (Å²) in [5.41, 5.74) is 1.40. The fraction of sp³-hybridized carbons (Fsp3) is 0.0588. The van der Waals surface area contributed by atoms with Crippen molar-refractivity contribution in [2.45, 2.75) is 6.36 Å². The Balaban J connectivity index is 2.05. The molecule has 1 aromatic heterocycles. The number of rotatable bonds is 3. The number of para-hydroxylation sites is 1. The van der Waals surface area contributed by atoms with Gasteiger partial charge in [-0.05, 0) is 36.4 Å². The standard InChI is InChI=1S/C17H10F3NO3/c18-17(19,20)24-11-7-5-10(6-8-11)15-9-13(16(22)23)12-3-1-2-4-14(12)21-15/h1-9H,(H,22,23). The molecule has 0 amide bonds. The number of fused-ring (bicyclic) bond motifs is 1. The molecule has 0 aliphatic carbocycles. The summed E-state index contributed by atoms with van der Waals surface area (Å²) in [6.07, 6.45) is -4.76. The van der Waals surface area contributed by atoms with E-state index in [1.807, 2.05) is 0 Å². The van der Waals surface area contributed by atoms with Crippen molar-refractivity contribution in [3.63, 3.8) is 0 Å². The summed E-state index contributed by atoms with van der Waals surface area (Å²) in [4.78, 5) is 15.8. The van der Waals surface area contributed by atoms with Crippen molar-refractivity contribution in [2.75, 3.05) is 0 Å². The molecule has 0 aliphatic rings. The molecule has 0 unspecified atom stereocenters. The minimum atomic E-state index is -4.76. The highest BCUT2D eigenvalue weighted by Gasteiger charge is 2.31. The van der Waals surface area contributed by atoms with Gasteiger partial charge >= 0.3 is 12.3 Å². The minimum Gasteiger partial charge on any atom is -0.478 e. The smallest absolute Gasteiger partial charge is 0.478 e. The average Bonchev–Trinajstić information content (AvgIpc) is 2.53. The van der Waals surface area contributed by atoms with Gasteiger partial charge in [-0.2, -0.15) is 0 Å². The third-order valence-corrected chi connectivity index (χ3v) is 3.33. The van der Waals surface area contributed by atoms with Gasteiger partial charge in [0.25, 0.3) is 0 Å². The van der Waals surface area contributed by atoms with E-state index in [1.165, 1.54) is 18.2 Å². The van der Waals surface area contributed by atoms with E-state index < -0.39 is 12.3 Å². The van der Waals surface area contributed by atoms with Crippen LogP contribution in [0.15, 0.2) is 54.6 Å². The maximum atomic E-state index is 12.2. The zero-order chi connectivity index (χ0) is 17.3. The van der Waals surface area contributed by atoms with Gasteiger partial charge < -0.3 is 9.84 Å². The Morgan fingerprint density at radius 1 is 1.04 bits per heavy atom. The number of alkyl halides is 3. The molecule has 1 heterocycles. The molecule has 122 valence electrons. The van der Waals surface area contributed by atoms with Crippen LogP contribution in [0.25, 0.3) is 22.2 Å². The SMILES string of the molecule is O=C(O)c1cc(-c2ccc(OC(F)(F)F)cc2)nc2ccccc12. The number of aromatic nitrogens is 1. The summed E-state index contributed by atoms with van der Waals surface area (Å²) in [6.45, 7) is 0. The van der Waals surface area contributed by atoms with Crippen molar-refractivity contribution >= 4 is 16.9 Å². The quantitative estimate of drug-likeness (QED) is 0.767. The lowest BCUT2D eigenvalue weighted by Gasteiger charge is -2.10. The summed E-state index contributed by atoms with van der Waals surface area (Å²) in [6, 6.07) is 13.2. The van der Waals surface area contributed by atoms with Crippen LogP contribution in [0.1, 0.15) is 10.4 Å². The molecule has 0 spiro atoms. The van der Waals surface area contributed by atoms with Gasteiger partial charge in [0.05, 0.1) is 16.8 Å². The van der Waals surface area contributed by atoms with Crippen LogP contribution in [0.5, 0.6) is 5.75 Å². The summed E-state index contributed by atoms with van der Waals surface area (Å²) in [5, 5.41) is 9.84. The maximum Gasteiger partial charge on any atom is 0.573 e. The van der Waals surface area contributed by atoms with Crippen LogP contribution in [0.2, 0.25) is 0 Å². The fourth-order valence-corrected chi connectivity index (χ4v) is 2.33. The van der Waals surface area contributed by atoms with Crippen molar-refractivity contribution in [1.29, 1.82) is 0 Å². The molecule has 4 nitrogen and oxygen atoms in total. The first kappa shape index (κ1) is 15.8. The van der Waals surface area contributed by atoms with Crippen molar-refractivity contribution < 1.29 is 27.8 Å². The van der Waals surface area contributed by atoms with Crippen LogP contribution in [0.3, 0.4) is 0 Å². The number of hydrogen-bond donors (Lipinski definition) is 1. The predicted octanol–water partition coefficient (Wildman–Crippen LogP) is 4.50. The van der Waals surface area contributed by atoms with Gasteiger partial charge in [0.1, 0.15) is 5.75 Å². The summed E-state index contributed by atoms with van der Waals surface area (Å²) < 4.78 is 40.4. The number of carbonyl (C=O) groups is 1. The van der Waals surface area contributed by atoms with Crippen LogP contribution in [0.4, 0.5) is 13.2 Å². The van der Waals surface area contributed by atoms with E-state index >= 15 is 0 Å². The van der Waals surface area contributed by atoms with E-state index in [4.69, 9.17) is 0 Å². The third kappa shape index (κ3) is 3.29. The van der Waals surface area contributed by atoms with Crippen LogP contribution < -0.4 is 4.74 Å². The number of halogens is 3. The van der Waals surface area contributed by atoms with Crippen molar-refractivity contribution in [2.24, 2.45) is 0 Å². The Labute approximate surface area is 134 Å². The normalized spacial score (nSPS) is 11.5. The molecule has 2 aromatic carbocycles. The number of pyridine rings is 1. The number of carboxylic acid groups (broad SMARTS) is 1. The molecule has 0 bridgehead atoms. The number of benzene rings is 2. The summed E-state index contributed by atoms with van der Waals surface area (Å²) in [7, 11) is 0. The van der Waals surface area contributed by atoms with Crippen molar-refractivity contribution in [3.05, 3.63) is 60.2 Å². The first-order valence-electron chi connectivity index (χ1n) is 6.83. The summed E-state index contributed by atoms with van der Waals surface area (Å²) in [5.74, 6) is -1.46. The molecule has 0 aliphatic heterocycles. The van der Waals surface area contributed by atoms with Crippen molar-refractivity contribution in [3.8, 4) is 17.0 Å². The Morgan fingerprint density at radius 3 is 2.33 bits per heavy atom. The van der Waals surface area contributed by atoms with Crippen LogP contribution in [0, 0.1) is 0 Å². The largest absolute Gasteiger partial charge is 0.573 e. The predicted molar refractivity (Wildman–Crippen MR) is 80.8 cm³/mol. The highest BCUT2D eigenvalue weighted by atomic mass is 19.4. The minimum absolute atomic E-state index is 0.0752. The van der Waals surface area contributed by atoms with E-state index in [0.717, 1.165) is 12.1 Å². The van der Waals surface area contributed by atoms with Crippen LogP contribution in [-0.2, 0) is 0 Å². The molecular formula is C17H10F3NO3. The second-order valence-corrected chi connectivity index (χ2v) is 4.95. The second-order valence-electron chi connectivity index (χ2n) is 4.95. The number of ether oxygens (including phenoxy) is 1. The second kappa shape index (κ2) is 5.84. The van der Waals surface area contributed by atoms with E-state index in [0.29, 0.717) is 22.2 Å². The molecule has 3 aromatic rings. The Bertz CT molecular complexity index is 905. The van der Waals surface area contributed by atoms with E-state index in [-0.39, 0.29) is 11.3 Å². The summed E-state index contributed by atoms with van der Waals surface area (Å²) >= 11 is 0. The Hall–Kier alpha value is -3.09. The molecule has 3 rings (SSSR count). The van der Waals surface area contributed by atoms with Gasteiger partial charge in [-0.25, -0.2) is 9.78 Å². The maximum absolute atomic E-state index is 12.2. The molecule has 0 atom stereocenters. The van der Waals surface area contributed by atoms with E-state index in [1.54, 1.807) is 24.3 Å². The average molecular weight is 333 g/mol. The third-order valence-electron chi connectivity index (χ3n) is 3.33. The Kier molecular flexibility index (Phi) is 3.84. The topological polar surface area (TPSA) is 59.4 Å². The zero-order valence-corrected chi connectivity index (χ0v) is 12.0. The first-order chi connectivity index (χ1) is 11.3. The molecule has 7 heteroatoms. The van der Waals surface area contributed by atoms with E-state index in [9.17, 15) is 23.1 Å². The van der Waals surface area contributed by atoms with Crippen molar-refractivity contribution in [1.82, 2.24) is 4.98 Å². The lowest BCUT2D eigenvalue weighted by Crippen LogP contribution is -2.16. The number of nitrogens with zero attached hydrogens (tertiary/aromatic N) is 1. The molecular weight excluding hydrogens is 323 g/mol. The molecule has 24 heavy (non-hydrogen) atoms. The van der Waals surface area contributed by atoms with E-state index in [2.05, 4.69) is 9.72 Å². The number of aromatic carboxylic acids is 1. The lowest BCUT2D eigenvalue weighted by atomic mass is 10.0. The van der Waals surface area contributed by atoms with Gasteiger partial charge in [0.15, 0.2) is 0 Å². The molecule has 0 saturated heterocycles. The molecule has 1 N–H and O–H groups in total. The monoisotopic (exact) mass is 333 g/mol.